The van der Waals surface area contributed by atoms with Crippen LogP contribution in [0.15, 0.2) is 12.2 Å². The summed E-state index contributed by atoms with van der Waals surface area (Å²) in [5.41, 5.74) is 5.00. The number of nitrogens with zero attached hydrogens (tertiary/aromatic N) is 2. The number of aromatic nitrogens is 2. The summed E-state index contributed by atoms with van der Waals surface area (Å²) < 4.78 is 0. The van der Waals surface area contributed by atoms with E-state index in [0.29, 0.717) is 5.92 Å². The molecule has 0 N–H and O–H groups in total. The van der Waals surface area contributed by atoms with E-state index in [0.717, 1.165) is 24.4 Å². The van der Waals surface area contributed by atoms with Crippen molar-refractivity contribution in [2.24, 2.45) is 5.92 Å². The quantitative estimate of drug-likeness (QED) is 0.632. The fourth-order valence-corrected chi connectivity index (χ4v) is 2.14. The monoisotopic (exact) mass is 188 g/mol. The number of hydrogen-bond donors (Lipinski definition) is 0. The van der Waals surface area contributed by atoms with E-state index in [4.69, 9.17) is 0 Å². The molecule has 1 aliphatic carbocycles. The molecule has 14 heavy (non-hydrogen) atoms. The lowest BCUT2D eigenvalue weighted by atomic mass is 9.99. The Kier molecular flexibility index (Phi) is 2.14. The zero-order chi connectivity index (χ0) is 10.3. The third kappa shape index (κ3) is 1.45. The molecule has 0 aromatic carbocycles. The summed E-state index contributed by atoms with van der Waals surface area (Å²) in [6, 6.07) is 0. The van der Waals surface area contributed by atoms with E-state index >= 15 is 0 Å². The number of rotatable bonds is 1. The molecule has 0 bridgehead atoms. The second-order valence-electron chi connectivity index (χ2n) is 4.23. The molecule has 1 aromatic rings. The smallest absolute Gasteiger partial charge is 0.125 e. The lowest BCUT2D eigenvalue weighted by molar-refractivity contribution is 0.656. The van der Waals surface area contributed by atoms with Gasteiger partial charge in [0.05, 0.1) is 0 Å². The highest BCUT2D eigenvalue weighted by molar-refractivity contribution is 5.32. The highest BCUT2D eigenvalue weighted by Gasteiger charge is 2.25. The lowest BCUT2D eigenvalue weighted by Crippen LogP contribution is -1.99. The van der Waals surface area contributed by atoms with Gasteiger partial charge in [0.25, 0.3) is 0 Å². The minimum absolute atomic E-state index is 0.583. The fourth-order valence-electron chi connectivity index (χ4n) is 2.14. The predicted octanol–water partition coefficient (Wildman–Crippen LogP) is 2.38. The third-order valence-corrected chi connectivity index (χ3v) is 3.00. The highest BCUT2D eigenvalue weighted by Crippen LogP contribution is 2.30. The summed E-state index contributed by atoms with van der Waals surface area (Å²) in [4.78, 5) is 8.89. The first kappa shape index (κ1) is 9.38. The topological polar surface area (TPSA) is 25.8 Å². The Morgan fingerprint density at radius 2 is 2.00 bits per heavy atom. The molecule has 2 heteroatoms. The molecule has 1 aliphatic rings. The van der Waals surface area contributed by atoms with Crippen LogP contribution in [-0.4, -0.2) is 9.97 Å². The minimum atomic E-state index is 0.583. The number of allylic oxidation sites excluding steroid dienone is 1. The standard InChI is InChI=1S/C12H16N2/c1-7(2)10-5-11-8(3)13-9(4)14-12(11)6-10/h10H,1,5-6H2,2-4H3/t10-/m0/s1. The second-order valence-corrected chi connectivity index (χ2v) is 4.23. The molecule has 0 saturated heterocycles. The van der Waals surface area contributed by atoms with Crippen molar-refractivity contribution in [1.82, 2.24) is 9.97 Å². The summed E-state index contributed by atoms with van der Waals surface area (Å²) in [5.74, 6) is 1.48. The van der Waals surface area contributed by atoms with Crippen molar-refractivity contribution in [3.63, 3.8) is 0 Å². The summed E-state index contributed by atoms with van der Waals surface area (Å²) in [5, 5.41) is 0. The first-order chi connectivity index (χ1) is 6.58. The Balaban J connectivity index is 2.39. The first-order valence-corrected chi connectivity index (χ1v) is 5.06. The van der Waals surface area contributed by atoms with Gasteiger partial charge in [-0.15, -0.1) is 0 Å². The zero-order valence-corrected chi connectivity index (χ0v) is 9.09. The van der Waals surface area contributed by atoms with Crippen LogP contribution in [0.3, 0.4) is 0 Å². The molecule has 0 spiro atoms. The van der Waals surface area contributed by atoms with Crippen molar-refractivity contribution in [2.75, 3.05) is 0 Å². The van der Waals surface area contributed by atoms with Crippen LogP contribution in [0.1, 0.15) is 29.7 Å². The fraction of sp³-hybridized carbons (Fsp3) is 0.500. The molecule has 0 radical (unpaired) electrons. The number of aryl methyl sites for hydroxylation is 2. The normalized spacial score (nSPS) is 19.5. The summed E-state index contributed by atoms with van der Waals surface area (Å²) >= 11 is 0. The summed E-state index contributed by atoms with van der Waals surface area (Å²) in [7, 11) is 0. The Morgan fingerprint density at radius 1 is 1.29 bits per heavy atom. The molecule has 74 valence electrons. The van der Waals surface area contributed by atoms with Gasteiger partial charge >= 0.3 is 0 Å². The maximum absolute atomic E-state index is 4.49. The van der Waals surface area contributed by atoms with Gasteiger partial charge in [-0.25, -0.2) is 9.97 Å². The van der Waals surface area contributed by atoms with Crippen LogP contribution in [0.25, 0.3) is 0 Å². The van der Waals surface area contributed by atoms with Crippen molar-refractivity contribution in [2.45, 2.75) is 33.6 Å². The molecule has 2 rings (SSSR count). The van der Waals surface area contributed by atoms with Gasteiger partial charge in [-0.1, -0.05) is 12.2 Å². The van der Waals surface area contributed by atoms with Gasteiger partial charge in [-0.3, -0.25) is 0 Å². The van der Waals surface area contributed by atoms with Crippen molar-refractivity contribution in [3.8, 4) is 0 Å². The van der Waals surface area contributed by atoms with Gasteiger partial charge in [0.15, 0.2) is 0 Å². The largest absolute Gasteiger partial charge is 0.238 e. The molecule has 1 atom stereocenters. The lowest BCUT2D eigenvalue weighted by Gasteiger charge is -2.06. The van der Waals surface area contributed by atoms with Crippen LogP contribution in [0.2, 0.25) is 0 Å². The minimum Gasteiger partial charge on any atom is -0.238 e. The molecule has 1 aromatic heterocycles. The van der Waals surface area contributed by atoms with E-state index in [2.05, 4.69) is 30.4 Å². The Morgan fingerprint density at radius 3 is 2.64 bits per heavy atom. The molecular formula is C12H16N2. The number of hydrogen-bond acceptors (Lipinski definition) is 2. The van der Waals surface area contributed by atoms with Crippen LogP contribution in [0.5, 0.6) is 0 Å². The third-order valence-electron chi connectivity index (χ3n) is 3.00. The van der Waals surface area contributed by atoms with Crippen LogP contribution in [0, 0.1) is 19.8 Å². The zero-order valence-electron chi connectivity index (χ0n) is 9.09. The Labute approximate surface area is 85.1 Å². The van der Waals surface area contributed by atoms with E-state index < -0.39 is 0 Å². The Hall–Kier alpha value is -1.18. The predicted molar refractivity (Wildman–Crippen MR) is 57.2 cm³/mol. The van der Waals surface area contributed by atoms with Crippen LogP contribution in [-0.2, 0) is 12.8 Å². The van der Waals surface area contributed by atoms with E-state index in [1.54, 1.807) is 0 Å². The molecule has 0 saturated carbocycles. The molecule has 0 unspecified atom stereocenters. The van der Waals surface area contributed by atoms with Gasteiger partial charge < -0.3 is 0 Å². The van der Waals surface area contributed by atoms with Crippen molar-refractivity contribution < 1.29 is 0 Å². The van der Waals surface area contributed by atoms with Crippen LogP contribution >= 0.6 is 0 Å². The second kappa shape index (κ2) is 3.19. The summed E-state index contributed by atoms with van der Waals surface area (Å²) in [6.07, 6.45) is 2.13. The van der Waals surface area contributed by atoms with Gasteiger partial charge in [0.2, 0.25) is 0 Å². The van der Waals surface area contributed by atoms with Gasteiger partial charge in [-0.2, -0.15) is 0 Å². The molecule has 1 heterocycles. The molecule has 0 fully saturated rings. The van der Waals surface area contributed by atoms with E-state index in [9.17, 15) is 0 Å². The van der Waals surface area contributed by atoms with E-state index in [1.165, 1.54) is 16.8 Å². The molecule has 0 amide bonds. The van der Waals surface area contributed by atoms with Crippen molar-refractivity contribution in [1.29, 1.82) is 0 Å². The van der Waals surface area contributed by atoms with Gasteiger partial charge in [-0.05, 0) is 45.1 Å². The van der Waals surface area contributed by atoms with Crippen LogP contribution in [0.4, 0.5) is 0 Å². The molecular weight excluding hydrogens is 172 g/mol. The summed E-state index contributed by atoms with van der Waals surface area (Å²) in [6.45, 7) is 10.2. The number of fused-ring (bicyclic) bond motifs is 1. The van der Waals surface area contributed by atoms with E-state index in [1.807, 2.05) is 6.92 Å². The highest BCUT2D eigenvalue weighted by atomic mass is 14.9. The average molecular weight is 188 g/mol. The Bertz CT molecular complexity index is 394. The maximum atomic E-state index is 4.49. The van der Waals surface area contributed by atoms with Gasteiger partial charge in [0, 0.05) is 11.4 Å². The van der Waals surface area contributed by atoms with Crippen LogP contribution < -0.4 is 0 Å². The van der Waals surface area contributed by atoms with Crippen molar-refractivity contribution in [3.05, 3.63) is 34.9 Å². The van der Waals surface area contributed by atoms with Crippen molar-refractivity contribution >= 4 is 0 Å². The maximum Gasteiger partial charge on any atom is 0.125 e. The SMILES string of the molecule is C=C(C)[C@@H]1Cc2nc(C)nc(C)c2C1. The first-order valence-electron chi connectivity index (χ1n) is 5.06. The average Bonchev–Trinajstić information content (AvgIpc) is 2.47. The molecule has 2 nitrogen and oxygen atoms in total. The molecule has 0 aliphatic heterocycles. The van der Waals surface area contributed by atoms with E-state index in [-0.39, 0.29) is 0 Å². The van der Waals surface area contributed by atoms with Gasteiger partial charge in [0.1, 0.15) is 5.82 Å².